The van der Waals surface area contributed by atoms with E-state index in [2.05, 4.69) is 5.32 Å². The molecule has 0 bridgehead atoms. The van der Waals surface area contributed by atoms with E-state index >= 15 is 0 Å². The van der Waals surface area contributed by atoms with Crippen molar-refractivity contribution in [3.8, 4) is 0 Å². The summed E-state index contributed by atoms with van der Waals surface area (Å²) in [6, 6.07) is 7.07. The van der Waals surface area contributed by atoms with E-state index in [4.69, 9.17) is 10.5 Å². The number of aryl methyl sites for hydroxylation is 1. The SMILES string of the molecule is CCOC(=O)c1sc(NC(=O)c2ccccc2C)c(C(N)=O)c1C. The Kier molecular flexibility index (Phi) is 5.35. The van der Waals surface area contributed by atoms with E-state index in [9.17, 15) is 14.4 Å². The molecule has 6 nitrogen and oxygen atoms in total. The molecule has 7 heteroatoms. The van der Waals surface area contributed by atoms with Crippen molar-refractivity contribution in [3.05, 3.63) is 51.4 Å². The maximum Gasteiger partial charge on any atom is 0.348 e. The third-order valence-electron chi connectivity index (χ3n) is 3.47. The van der Waals surface area contributed by atoms with Crippen molar-refractivity contribution < 1.29 is 19.1 Å². The summed E-state index contributed by atoms with van der Waals surface area (Å²) in [7, 11) is 0. The summed E-state index contributed by atoms with van der Waals surface area (Å²) in [5, 5.41) is 2.92. The van der Waals surface area contributed by atoms with Gasteiger partial charge in [-0.25, -0.2) is 4.79 Å². The van der Waals surface area contributed by atoms with Crippen molar-refractivity contribution in [2.45, 2.75) is 20.8 Å². The van der Waals surface area contributed by atoms with E-state index in [0.717, 1.165) is 16.9 Å². The van der Waals surface area contributed by atoms with Crippen LogP contribution in [0.15, 0.2) is 24.3 Å². The van der Waals surface area contributed by atoms with Crippen LogP contribution in [0.5, 0.6) is 0 Å². The van der Waals surface area contributed by atoms with Gasteiger partial charge in [0.25, 0.3) is 11.8 Å². The predicted molar refractivity (Wildman–Crippen MR) is 92.7 cm³/mol. The van der Waals surface area contributed by atoms with Gasteiger partial charge in [-0.2, -0.15) is 0 Å². The predicted octanol–water partition coefficient (Wildman–Crippen LogP) is 2.89. The smallest absolute Gasteiger partial charge is 0.348 e. The molecule has 0 spiro atoms. The van der Waals surface area contributed by atoms with E-state index in [0.29, 0.717) is 11.1 Å². The van der Waals surface area contributed by atoms with Gasteiger partial charge in [0.2, 0.25) is 0 Å². The van der Waals surface area contributed by atoms with Gasteiger partial charge in [-0.3, -0.25) is 9.59 Å². The Balaban J connectivity index is 2.41. The van der Waals surface area contributed by atoms with Gasteiger partial charge < -0.3 is 15.8 Å². The number of esters is 1. The van der Waals surface area contributed by atoms with Crippen molar-refractivity contribution in [2.75, 3.05) is 11.9 Å². The van der Waals surface area contributed by atoms with Crippen LogP contribution >= 0.6 is 11.3 Å². The minimum atomic E-state index is -0.709. The van der Waals surface area contributed by atoms with Crippen LogP contribution in [-0.4, -0.2) is 24.4 Å². The largest absolute Gasteiger partial charge is 0.462 e. The number of carbonyl (C=O) groups excluding carboxylic acids is 3. The van der Waals surface area contributed by atoms with Crippen molar-refractivity contribution in [3.63, 3.8) is 0 Å². The molecule has 0 radical (unpaired) electrons. The third-order valence-corrected chi connectivity index (χ3v) is 4.66. The number of primary amides is 1. The average molecular weight is 346 g/mol. The molecule has 1 aromatic carbocycles. The maximum absolute atomic E-state index is 12.5. The second-order valence-electron chi connectivity index (χ2n) is 5.11. The second-order valence-corrected chi connectivity index (χ2v) is 6.13. The van der Waals surface area contributed by atoms with Gasteiger partial charge in [0.1, 0.15) is 9.88 Å². The van der Waals surface area contributed by atoms with Crippen molar-refractivity contribution in [2.24, 2.45) is 5.73 Å². The molecule has 3 N–H and O–H groups in total. The van der Waals surface area contributed by atoms with Gasteiger partial charge in [-0.1, -0.05) is 18.2 Å². The van der Waals surface area contributed by atoms with Crippen LogP contribution in [0.1, 0.15) is 48.4 Å². The zero-order valence-electron chi connectivity index (χ0n) is 13.6. The number of hydrogen-bond acceptors (Lipinski definition) is 5. The van der Waals surface area contributed by atoms with Crippen molar-refractivity contribution in [1.29, 1.82) is 0 Å². The average Bonchev–Trinajstić information content (AvgIpc) is 2.84. The molecule has 1 heterocycles. The molecular formula is C17H18N2O4S. The van der Waals surface area contributed by atoms with Crippen LogP contribution in [-0.2, 0) is 4.74 Å². The Morgan fingerprint density at radius 3 is 2.46 bits per heavy atom. The molecule has 2 rings (SSSR count). The number of ether oxygens (including phenoxy) is 1. The monoisotopic (exact) mass is 346 g/mol. The lowest BCUT2D eigenvalue weighted by molar-refractivity contribution is 0.0531. The number of nitrogens with one attached hydrogen (secondary N) is 1. The molecule has 0 unspecified atom stereocenters. The quantitative estimate of drug-likeness (QED) is 0.813. The molecule has 24 heavy (non-hydrogen) atoms. The van der Waals surface area contributed by atoms with Crippen molar-refractivity contribution in [1.82, 2.24) is 0 Å². The number of benzene rings is 1. The third kappa shape index (κ3) is 3.46. The van der Waals surface area contributed by atoms with E-state index in [1.165, 1.54) is 0 Å². The summed E-state index contributed by atoms with van der Waals surface area (Å²) >= 11 is 0.984. The molecule has 1 aromatic heterocycles. The molecule has 126 valence electrons. The van der Waals surface area contributed by atoms with E-state index in [1.807, 2.05) is 19.1 Å². The van der Waals surface area contributed by atoms with Gasteiger partial charge in [-0.05, 0) is 38.0 Å². The first kappa shape index (κ1) is 17.7. The molecule has 0 atom stereocenters. The van der Waals surface area contributed by atoms with E-state index < -0.39 is 11.9 Å². The number of nitrogens with two attached hydrogens (primary N) is 1. The minimum Gasteiger partial charge on any atom is -0.462 e. The Bertz CT molecular complexity index is 811. The first-order valence-corrected chi connectivity index (χ1v) is 8.15. The highest BCUT2D eigenvalue weighted by Gasteiger charge is 2.25. The summed E-state index contributed by atoms with van der Waals surface area (Å²) < 4.78 is 4.97. The summed E-state index contributed by atoms with van der Waals surface area (Å²) in [6.07, 6.45) is 0. The Labute approximate surface area is 143 Å². The van der Waals surface area contributed by atoms with Crippen LogP contribution < -0.4 is 11.1 Å². The zero-order valence-corrected chi connectivity index (χ0v) is 14.5. The van der Waals surface area contributed by atoms with Crippen LogP contribution in [0.25, 0.3) is 0 Å². The molecule has 0 aliphatic heterocycles. The lowest BCUT2D eigenvalue weighted by Gasteiger charge is -2.07. The van der Waals surface area contributed by atoms with Gasteiger partial charge >= 0.3 is 5.97 Å². The highest BCUT2D eigenvalue weighted by molar-refractivity contribution is 7.18. The van der Waals surface area contributed by atoms with Gasteiger partial charge in [0, 0.05) is 5.56 Å². The molecular weight excluding hydrogens is 328 g/mol. The van der Waals surface area contributed by atoms with Gasteiger partial charge in [-0.15, -0.1) is 11.3 Å². The van der Waals surface area contributed by atoms with Crippen LogP contribution in [0.3, 0.4) is 0 Å². The van der Waals surface area contributed by atoms with Crippen LogP contribution in [0.2, 0.25) is 0 Å². The summed E-state index contributed by atoms with van der Waals surface area (Å²) in [4.78, 5) is 36.4. The molecule has 0 aliphatic rings. The second kappa shape index (κ2) is 7.27. The number of amides is 2. The lowest BCUT2D eigenvalue weighted by Crippen LogP contribution is -2.18. The highest BCUT2D eigenvalue weighted by atomic mass is 32.1. The molecule has 2 amide bonds. The number of hydrogen-bond donors (Lipinski definition) is 2. The summed E-state index contributed by atoms with van der Waals surface area (Å²) in [6.45, 7) is 5.32. The van der Waals surface area contributed by atoms with Gasteiger partial charge in [0.05, 0.1) is 12.2 Å². The number of carbonyl (C=O) groups is 3. The van der Waals surface area contributed by atoms with E-state index in [-0.39, 0.29) is 28.0 Å². The molecule has 0 saturated heterocycles. The molecule has 0 fully saturated rings. The Morgan fingerprint density at radius 1 is 1.21 bits per heavy atom. The first-order chi connectivity index (χ1) is 11.4. The fourth-order valence-corrected chi connectivity index (χ4v) is 3.39. The zero-order chi connectivity index (χ0) is 17.9. The van der Waals surface area contributed by atoms with Gasteiger partial charge in [0.15, 0.2) is 0 Å². The molecule has 2 aromatic rings. The molecule has 0 aliphatic carbocycles. The fourth-order valence-electron chi connectivity index (χ4n) is 2.29. The van der Waals surface area contributed by atoms with Crippen molar-refractivity contribution >= 4 is 34.1 Å². The number of thiophene rings is 1. The minimum absolute atomic E-state index is 0.130. The number of anilines is 1. The standard InChI is InChI=1S/C17H18N2O4S/c1-4-23-17(22)13-10(3)12(14(18)20)16(24-13)19-15(21)11-8-6-5-7-9(11)2/h5-8H,4H2,1-3H3,(H2,18,20)(H,19,21). The topological polar surface area (TPSA) is 98.5 Å². The maximum atomic E-state index is 12.5. The van der Waals surface area contributed by atoms with Crippen LogP contribution in [0.4, 0.5) is 5.00 Å². The lowest BCUT2D eigenvalue weighted by atomic mass is 10.1. The van der Waals surface area contributed by atoms with Crippen LogP contribution in [0, 0.1) is 13.8 Å². The summed E-state index contributed by atoms with van der Waals surface area (Å²) in [5.41, 5.74) is 7.23. The van der Waals surface area contributed by atoms with E-state index in [1.54, 1.807) is 26.0 Å². The Hall–Kier alpha value is -2.67. The fraction of sp³-hybridized carbons (Fsp3) is 0.235. The molecule has 0 saturated carbocycles. The highest BCUT2D eigenvalue weighted by Crippen LogP contribution is 2.33. The number of rotatable bonds is 5. The first-order valence-electron chi connectivity index (χ1n) is 7.34. The Morgan fingerprint density at radius 2 is 1.88 bits per heavy atom. The normalized spacial score (nSPS) is 10.3. The summed E-state index contributed by atoms with van der Waals surface area (Å²) in [5.74, 6) is -1.62.